The first-order chi connectivity index (χ1) is 8.14. The summed E-state index contributed by atoms with van der Waals surface area (Å²) in [5.74, 6) is 1.92. The summed E-state index contributed by atoms with van der Waals surface area (Å²) < 4.78 is 16.9. The van der Waals surface area contributed by atoms with Gasteiger partial charge in [0, 0.05) is 5.56 Å². The number of ether oxygens (including phenoxy) is 3. The van der Waals surface area contributed by atoms with Gasteiger partial charge in [-0.3, -0.25) is 0 Å². The molecule has 2 heterocycles. The van der Waals surface area contributed by atoms with E-state index in [2.05, 4.69) is 13.8 Å². The highest BCUT2D eigenvalue weighted by Gasteiger charge is 2.29. The fraction of sp³-hybridized carbons (Fsp3) is 0.571. The quantitative estimate of drug-likeness (QED) is 0.753. The molecule has 1 aromatic rings. The van der Waals surface area contributed by atoms with Crippen LogP contribution in [0.2, 0.25) is 0 Å². The molecule has 1 saturated heterocycles. The van der Waals surface area contributed by atoms with Gasteiger partial charge >= 0.3 is 0 Å². The smallest absolute Gasteiger partial charge is 0.127 e. The lowest BCUT2D eigenvalue weighted by Crippen LogP contribution is -2.32. The number of benzene rings is 1. The van der Waals surface area contributed by atoms with Crippen LogP contribution >= 0.6 is 0 Å². The van der Waals surface area contributed by atoms with Crippen LogP contribution in [-0.4, -0.2) is 24.9 Å². The first-order valence-electron chi connectivity index (χ1n) is 6.19. The van der Waals surface area contributed by atoms with E-state index in [0.717, 1.165) is 30.9 Å². The van der Waals surface area contributed by atoms with Crippen molar-refractivity contribution >= 4 is 0 Å². The molecule has 1 aromatic carbocycles. The summed E-state index contributed by atoms with van der Waals surface area (Å²) in [6, 6.07) is 6.03. The monoisotopic (exact) mass is 234 g/mol. The molecule has 0 amide bonds. The van der Waals surface area contributed by atoms with Crippen LogP contribution in [-0.2, 0) is 11.2 Å². The third-order valence-corrected chi connectivity index (χ3v) is 3.28. The van der Waals surface area contributed by atoms with E-state index in [4.69, 9.17) is 14.2 Å². The largest absolute Gasteiger partial charge is 0.490 e. The molecule has 3 rings (SSSR count). The number of epoxide rings is 1. The SMILES string of the molecule is CC1(C)CCc2c(OCC3CO3)cccc2O1. The molecule has 0 radical (unpaired) electrons. The molecular weight excluding hydrogens is 216 g/mol. The van der Waals surface area contributed by atoms with E-state index in [1.165, 1.54) is 5.56 Å². The minimum absolute atomic E-state index is 0.0643. The summed E-state index contributed by atoms with van der Waals surface area (Å²) in [6.45, 7) is 5.74. The van der Waals surface area contributed by atoms with Crippen molar-refractivity contribution in [1.29, 1.82) is 0 Å². The van der Waals surface area contributed by atoms with Gasteiger partial charge in [0.1, 0.15) is 29.8 Å². The lowest BCUT2D eigenvalue weighted by Gasteiger charge is -2.33. The normalized spacial score (nSPS) is 24.7. The van der Waals surface area contributed by atoms with Crippen molar-refractivity contribution in [3.8, 4) is 11.5 Å². The van der Waals surface area contributed by atoms with E-state index >= 15 is 0 Å². The van der Waals surface area contributed by atoms with E-state index < -0.39 is 0 Å². The van der Waals surface area contributed by atoms with Gasteiger partial charge in [0.15, 0.2) is 0 Å². The van der Waals surface area contributed by atoms with Gasteiger partial charge in [0.25, 0.3) is 0 Å². The Hall–Kier alpha value is -1.22. The van der Waals surface area contributed by atoms with E-state index in [1.54, 1.807) is 0 Å². The maximum Gasteiger partial charge on any atom is 0.127 e. The topological polar surface area (TPSA) is 31.0 Å². The predicted molar refractivity (Wildman–Crippen MR) is 64.7 cm³/mol. The molecule has 0 spiro atoms. The minimum atomic E-state index is -0.0643. The van der Waals surface area contributed by atoms with Crippen LogP contribution in [0.1, 0.15) is 25.8 Å². The molecule has 0 aromatic heterocycles. The lowest BCUT2D eigenvalue weighted by atomic mass is 9.94. The van der Waals surface area contributed by atoms with E-state index in [0.29, 0.717) is 12.7 Å². The van der Waals surface area contributed by atoms with Crippen molar-refractivity contribution in [3.63, 3.8) is 0 Å². The van der Waals surface area contributed by atoms with Gasteiger partial charge in [-0.1, -0.05) is 6.07 Å². The first kappa shape index (κ1) is 10.9. The summed E-state index contributed by atoms with van der Waals surface area (Å²) in [5, 5.41) is 0. The van der Waals surface area contributed by atoms with Gasteiger partial charge in [-0.25, -0.2) is 0 Å². The van der Waals surface area contributed by atoms with Crippen LogP contribution in [0.5, 0.6) is 11.5 Å². The van der Waals surface area contributed by atoms with Crippen LogP contribution in [0, 0.1) is 0 Å². The number of hydrogen-bond donors (Lipinski definition) is 0. The van der Waals surface area contributed by atoms with Crippen molar-refractivity contribution in [3.05, 3.63) is 23.8 Å². The third-order valence-electron chi connectivity index (χ3n) is 3.28. The highest BCUT2D eigenvalue weighted by molar-refractivity contribution is 5.46. The summed E-state index contributed by atoms with van der Waals surface area (Å²) in [5.41, 5.74) is 1.14. The molecule has 3 heteroatoms. The van der Waals surface area contributed by atoms with Gasteiger partial charge in [-0.2, -0.15) is 0 Å². The minimum Gasteiger partial charge on any atom is -0.490 e. The molecule has 92 valence electrons. The molecule has 0 saturated carbocycles. The van der Waals surface area contributed by atoms with Crippen molar-refractivity contribution in [1.82, 2.24) is 0 Å². The molecule has 17 heavy (non-hydrogen) atoms. The van der Waals surface area contributed by atoms with E-state index in [9.17, 15) is 0 Å². The number of rotatable bonds is 3. The van der Waals surface area contributed by atoms with E-state index in [1.807, 2.05) is 18.2 Å². The van der Waals surface area contributed by atoms with Crippen molar-refractivity contribution in [2.45, 2.75) is 38.4 Å². The summed E-state index contributed by atoms with van der Waals surface area (Å²) in [7, 11) is 0. The maximum atomic E-state index is 5.97. The van der Waals surface area contributed by atoms with E-state index in [-0.39, 0.29) is 5.60 Å². The zero-order valence-corrected chi connectivity index (χ0v) is 10.4. The predicted octanol–water partition coefficient (Wildman–Crippen LogP) is 2.57. The maximum absolute atomic E-state index is 5.97. The number of fused-ring (bicyclic) bond motifs is 1. The van der Waals surface area contributed by atoms with Crippen LogP contribution in [0.3, 0.4) is 0 Å². The van der Waals surface area contributed by atoms with Gasteiger partial charge in [-0.05, 0) is 38.8 Å². The summed E-state index contributed by atoms with van der Waals surface area (Å²) in [4.78, 5) is 0. The van der Waals surface area contributed by atoms with Gasteiger partial charge in [-0.15, -0.1) is 0 Å². The lowest BCUT2D eigenvalue weighted by molar-refractivity contribution is 0.0831. The highest BCUT2D eigenvalue weighted by atomic mass is 16.6. The average molecular weight is 234 g/mol. The number of hydrogen-bond acceptors (Lipinski definition) is 3. The molecule has 1 atom stereocenters. The zero-order chi connectivity index (χ0) is 11.9. The fourth-order valence-corrected chi connectivity index (χ4v) is 2.14. The second kappa shape index (κ2) is 3.91. The molecule has 0 N–H and O–H groups in total. The Morgan fingerprint density at radius 1 is 1.41 bits per heavy atom. The summed E-state index contributed by atoms with van der Waals surface area (Å²) in [6.07, 6.45) is 2.34. The van der Waals surface area contributed by atoms with Gasteiger partial charge in [0.2, 0.25) is 0 Å². The second-order valence-corrected chi connectivity index (χ2v) is 5.36. The molecular formula is C14H18O3. The van der Waals surface area contributed by atoms with Crippen LogP contribution in [0.25, 0.3) is 0 Å². The highest BCUT2D eigenvalue weighted by Crippen LogP contribution is 2.38. The first-order valence-corrected chi connectivity index (χ1v) is 6.19. The Labute approximate surface area is 102 Å². The summed E-state index contributed by atoms with van der Waals surface area (Å²) >= 11 is 0. The Kier molecular flexibility index (Phi) is 2.51. The molecule has 0 bridgehead atoms. The average Bonchev–Trinajstić information content (AvgIpc) is 3.08. The fourth-order valence-electron chi connectivity index (χ4n) is 2.14. The van der Waals surface area contributed by atoms with Crippen molar-refractivity contribution in [2.75, 3.05) is 13.2 Å². The Balaban J connectivity index is 1.80. The van der Waals surface area contributed by atoms with Crippen LogP contribution < -0.4 is 9.47 Å². The molecule has 0 aliphatic carbocycles. The van der Waals surface area contributed by atoms with Crippen LogP contribution in [0.15, 0.2) is 18.2 Å². The molecule has 2 aliphatic rings. The van der Waals surface area contributed by atoms with Crippen molar-refractivity contribution in [2.24, 2.45) is 0 Å². The molecule has 1 fully saturated rings. The van der Waals surface area contributed by atoms with Crippen LogP contribution in [0.4, 0.5) is 0 Å². The standard InChI is InChI=1S/C14H18O3/c1-14(2)7-6-11-12(16-9-10-8-15-10)4-3-5-13(11)17-14/h3-5,10H,6-9H2,1-2H3. The molecule has 3 nitrogen and oxygen atoms in total. The molecule has 1 unspecified atom stereocenters. The van der Waals surface area contributed by atoms with Crippen molar-refractivity contribution < 1.29 is 14.2 Å². The molecule has 2 aliphatic heterocycles. The Morgan fingerprint density at radius 2 is 2.24 bits per heavy atom. The Bertz CT molecular complexity index is 421. The third kappa shape index (κ3) is 2.39. The van der Waals surface area contributed by atoms with Gasteiger partial charge in [0.05, 0.1) is 6.61 Å². The second-order valence-electron chi connectivity index (χ2n) is 5.36. The Morgan fingerprint density at radius 3 is 3.00 bits per heavy atom. The van der Waals surface area contributed by atoms with Gasteiger partial charge < -0.3 is 14.2 Å². The zero-order valence-electron chi connectivity index (χ0n) is 10.4.